The van der Waals surface area contributed by atoms with Crippen LogP contribution in [0.15, 0.2) is 77.0 Å². The third kappa shape index (κ3) is 5.01. The largest absolute Gasteiger partial charge is 0.508 e. The number of rotatable bonds is 7. The fraction of sp³-hybridized carbons (Fsp3) is 0.143. The molecule has 3 aromatic rings. The van der Waals surface area contributed by atoms with Gasteiger partial charge in [-0.05, 0) is 54.6 Å². The number of amides is 1. The Morgan fingerprint density at radius 1 is 1.09 bits per heavy atom. The minimum Gasteiger partial charge on any atom is -0.508 e. The predicted octanol–water partition coefficient (Wildman–Crippen LogP) is 2.12. The van der Waals surface area contributed by atoms with Crippen molar-refractivity contribution in [3.8, 4) is 11.5 Å². The Bertz CT molecular complexity index is 1220. The van der Waals surface area contributed by atoms with Crippen LogP contribution in [0, 0.1) is 5.92 Å². The van der Waals surface area contributed by atoms with E-state index in [4.69, 9.17) is 4.74 Å². The van der Waals surface area contributed by atoms with Crippen LogP contribution in [0.2, 0.25) is 0 Å². The van der Waals surface area contributed by atoms with Crippen LogP contribution in [0.25, 0.3) is 0 Å². The van der Waals surface area contributed by atoms with Crippen molar-refractivity contribution >= 4 is 28.1 Å². The molecule has 0 spiro atoms. The molecule has 32 heavy (non-hydrogen) atoms. The number of phenols is 1. The van der Waals surface area contributed by atoms with Crippen LogP contribution in [0.4, 0.5) is 5.95 Å². The molecule has 0 bridgehead atoms. The zero-order valence-electron chi connectivity index (χ0n) is 16.7. The summed E-state index contributed by atoms with van der Waals surface area (Å²) >= 11 is 0. The van der Waals surface area contributed by atoms with Gasteiger partial charge in [0, 0.05) is 30.1 Å². The van der Waals surface area contributed by atoms with Gasteiger partial charge in [-0.3, -0.25) is 4.79 Å². The van der Waals surface area contributed by atoms with Crippen LogP contribution < -0.4 is 9.46 Å². The molecule has 1 unspecified atom stereocenters. The fourth-order valence-corrected chi connectivity index (χ4v) is 3.88. The van der Waals surface area contributed by atoms with E-state index in [0.717, 1.165) is 0 Å². The van der Waals surface area contributed by atoms with Gasteiger partial charge in [0.1, 0.15) is 11.5 Å². The molecular weight excluding hydrogens is 434 g/mol. The molecule has 0 fully saturated rings. The van der Waals surface area contributed by atoms with Crippen LogP contribution in [-0.2, 0) is 10.0 Å². The number of hydrogen-bond acceptors (Lipinski definition) is 8. The quantitative estimate of drug-likeness (QED) is 0.560. The lowest BCUT2D eigenvalue weighted by molar-refractivity contribution is 0.0761. The Kier molecular flexibility index (Phi) is 5.99. The van der Waals surface area contributed by atoms with Gasteiger partial charge in [0.25, 0.3) is 15.9 Å². The average Bonchev–Trinajstić information content (AvgIpc) is 3.27. The molecule has 1 amide bonds. The summed E-state index contributed by atoms with van der Waals surface area (Å²) in [4.78, 5) is 20.2. The smallest absolute Gasteiger partial charge is 0.273 e. The minimum absolute atomic E-state index is 0.0141. The molecule has 1 atom stereocenters. The Morgan fingerprint density at radius 3 is 2.47 bits per heavy atom. The van der Waals surface area contributed by atoms with E-state index < -0.39 is 10.0 Å². The van der Waals surface area contributed by atoms with E-state index in [9.17, 15) is 18.3 Å². The van der Waals surface area contributed by atoms with Crippen molar-refractivity contribution < 1.29 is 23.1 Å². The number of nitrogens with zero attached hydrogens (tertiary/aromatic N) is 4. The van der Waals surface area contributed by atoms with Crippen LogP contribution in [0.5, 0.6) is 11.5 Å². The fourth-order valence-electron chi connectivity index (χ4n) is 2.92. The molecule has 0 radical (unpaired) electrons. The second-order valence-corrected chi connectivity index (χ2v) is 8.60. The Morgan fingerprint density at radius 2 is 1.78 bits per heavy atom. The van der Waals surface area contributed by atoms with E-state index in [1.807, 2.05) is 0 Å². The minimum atomic E-state index is -3.82. The van der Waals surface area contributed by atoms with Gasteiger partial charge >= 0.3 is 0 Å². The Hall–Kier alpha value is -3.99. The predicted molar refractivity (Wildman–Crippen MR) is 116 cm³/mol. The van der Waals surface area contributed by atoms with E-state index in [-0.39, 0.29) is 35.0 Å². The zero-order chi connectivity index (χ0) is 22.6. The van der Waals surface area contributed by atoms with Crippen molar-refractivity contribution in [3.63, 3.8) is 0 Å². The highest BCUT2D eigenvalue weighted by Gasteiger charge is 2.24. The molecule has 1 aliphatic rings. The molecule has 2 N–H and O–H groups in total. The number of aromatic hydroxyl groups is 1. The highest BCUT2D eigenvalue weighted by Crippen LogP contribution is 2.20. The number of carbonyl (C=O) groups excluding carboxylic acids is 1. The van der Waals surface area contributed by atoms with Gasteiger partial charge in [0.2, 0.25) is 5.95 Å². The monoisotopic (exact) mass is 453 g/mol. The lowest BCUT2D eigenvalue weighted by atomic mass is 10.1. The summed E-state index contributed by atoms with van der Waals surface area (Å²) in [6.45, 7) is 0.623. The van der Waals surface area contributed by atoms with Crippen molar-refractivity contribution in [3.05, 3.63) is 72.6 Å². The van der Waals surface area contributed by atoms with Crippen molar-refractivity contribution in [1.82, 2.24) is 15.0 Å². The van der Waals surface area contributed by atoms with E-state index in [1.165, 1.54) is 53.8 Å². The lowest BCUT2D eigenvalue weighted by Crippen LogP contribution is -2.28. The number of anilines is 1. The first-order valence-electron chi connectivity index (χ1n) is 9.58. The van der Waals surface area contributed by atoms with Crippen molar-refractivity contribution in [2.45, 2.75) is 4.90 Å². The van der Waals surface area contributed by atoms with Gasteiger partial charge in [-0.15, -0.1) is 0 Å². The third-order valence-electron chi connectivity index (χ3n) is 4.56. The molecule has 11 heteroatoms. The molecule has 1 aromatic heterocycles. The number of phenolic OH excluding ortho intramolecular Hbond substituents is 1. The average molecular weight is 453 g/mol. The molecule has 0 saturated carbocycles. The first-order chi connectivity index (χ1) is 15.4. The van der Waals surface area contributed by atoms with E-state index >= 15 is 0 Å². The summed E-state index contributed by atoms with van der Waals surface area (Å²) < 4.78 is 32.9. The number of sulfonamides is 1. The molecular formula is C21H19N5O5S. The van der Waals surface area contributed by atoms with E-state index in [1.54, 1.807) is 24.4 Å². The van der Waals surface area contributed by atoms with Gasteiger partial charge in [-0.2, -0.15) is 5.10 Å². The van der Waals surface area contributed by atoms with Crippen molar-refractivity contribution in [1.29, 1.82) is 0 Å². The molecule has 2 heterocycles. The summed E-state index contributed by atoms with van der Waals surface area (Å²) in [5, 5.41) is 14.8. The number of aromatic nitrogens is 2. The van der Waals surface area contributed by atoms with Crippen molar-refractivity contribution in [2.24, 2.45) is 11.0 Å². The maximum absolute atomic E-state index is 12.5. The molecule has 2 aromatic carbocycles. The normalized spacial score (nSPS) is 15.5. The van der Waals surface area contributed by atoms with Crippen LogP contribution >= 0.6 is 0 Å². The third-order valence-corrected chi connectivity index (χ3v) is 5.91. The molecule has 0 saturated heterocycles. The van der Waals surface area contributed by atoms with Gasteiger partial charge in [0.05, 0.1) is 18.0 Å². The number of carbonyl (C=O) groups is 1. The molecule has 0 aliphatic carbocycles. The molecule has 4 rings (SSSR count). The van der Waals surface area contributed by atoms with Crippen LogP contribution in [-0.4, -0.2) is 53.8 Å². The molecule has 10 nitrogen and oxygen atoms in total. The highest BCUT2D eigenvalue weighted by atomic mass is 32.2. The maximum Gasteiger partial charge on any atom is 0.273 e. The molecule has 1 aliphatic heterocycles. The van der Waals surface area contributed by atoms with Crippen molar-refractivity contribution in [2.75, 3.05) is 17.9 Å². The van der Waals surface area contributed by atoms with Gasteiger partial charge in [-0.25, -0.2) is 28.1 Å². The number of nitrogens with one attached hydrogen (secondary N) is 1. The van der Waals surface area contributed by atoms with Gasteiger partial charge in [-0.1, -0.05) is 0 Å². The number of benzene rings is 2. The van der Waals surface area contributed by atoms with E-state index in [2.05, 4.69) is 19.8 Å². The van der Waals surface area contributed by atoms with Crippen LogP contribution in [0.3, 0.4) is 0 Å². The van der Waals surface area contributed by atoms with Gasteiger partial charge < -0.3 is 9.84 Å². The second kappa shape index (κ2) is 9.02. The number of ether oxygens (including phenoxy) is 1. The number of hydrogen-bond donors (Lipinski definition) is 2. The SMILES string of the molecule is O=C(c1ccc(O)cc1)N1CC(COc2ccc(S(=O)(=O)Nc3ncccn3)cc2)C=N1. The summed E-state index contributed by atoms with van der Waals surface area (Å²) in [6.07, 6.45) is 4.52. The summed E-state index contributed by atoms with van der Waals surface area (Å²) in [6, 6.07) is 13.5. The number of hydrazone groups is 1. The van der Waals surface area contributed by atoms with E-state index in [0.29, 0.717) is 17.9 Å². The maximum atomic E-state index is 12.5. The summed E-state index contributed by atoms with van der Waals surface area (Å²) in [7, 11) is -3.82. The Balaban J connectivity index is 1.31. The summed E-state index contributed by atoms with van der Waals surface area (Å²) in [5.41, 5.74) is 0.424. The first-order valence-corrected chi connectivity index (χ1v) is 11.1. The standard InChI is InChI=1S/C21H19N5O5S/c27-17-4-2-16(3-5-17)20(28)26-13-15(12-24-26)14-31-18-6-8-19(9-7-18)32(29,30)25-21-22-10-1-11-23-21/h1-12,15,27H,13-14H2,(H,22,23,25). The van der Waals surface area contributed by atoms with Crippen LogP contribution in [0.1, 0.15) is 10.4 Å². The summed E-state index contributed by atoms with van der Waals surface area (Å²) in [5.74, 6) is 0.168. The topological polar surface area (TPSA) is 134 Å². The molecule has 164 valence electrons. The lowest BCUT2D eigenvalue weighted by Gasteiger charge is -2.15. The zero-order valence-corrected chi connectivity index (χ0v) is 17.5. The first kappa shape index (κ1) is 21.2. The second-order valence-electron chi connectivity index (χ2n) is 6.92. The Labute approximate surface area is 184 Å². The highest BCUT2D eigenvalue weighted by molar-refractivity contribution is 7.92. The van der Waals surface area contributed by atoms with Gasteiger partial charge in [0.15, 0.2) is 0 Å².